The number of carbonyl (C=O) groups excluding carboxylic acids is 1. The van der Waals surface area contributed by atoms with Crippen LogP contribution in [0.15, 0.2) is 18.3 Å². The first-order chi connectivity index (χ1) is 8.59. The van der Waals surface area contributed by atoms with Gasteiger partial charge in [0.2, 0.25) is 0 Å². The number of amides is 1. The molecule has 1 aromatic rings. The van der Waals surface area contributed by atoms with Crippen molar-refractivity contribution >= 4 is 17.5 Å². The van der Waals surface area contributed by atoms with Gasteiger partial charge >= 0.3 is 0 Å². The van der Waals surface area contributed by atoms with Crippen molar-refractivity contribution in [3.8, 4) is 0 Å². The molecule has 18 heavy (non-hydrogen) atoms. The molecule has 0 aromatic carbocycles. The predicted molar refractivity (Wildman–Crippen MR) is 70.8 cm³/mol. The Bertz CT molecular complexity index is 485. The van der Waals surface area contributed by atoms with Crippen molar-refractivity contribution in [3.05, 3.63) is 34.9 Å². The van der Waals surface area contributed by atoms with Crippen molar-refractivity contribution in [1.29, 1.82) is 0 Å². The lowest BCUT2D eigenvalue weighted by Crippen LogP contribution is -2.34. The van der Waals surface area contributed by atoms with Crippen LogP contribution in [0.4, 0.5) is 0 Å². The van der Waals surface area contributed by atoms with E-state index >= 15 is 0 Å². The first-order valence-corrected chi connectivity index (χ1v) is 6.44. The second-order valence-corrected chi connectivity index (χ2v) is 5.00. The lowest BCUT2D eigenvalue weighted by molar-refractivity contribution is 0.0765. The van der Waals surface area contributed by atoms with Gasteiger partial charge in [0.05, 0.1) is 11.2 Å². The molecule has 0 spiro atoms. The van der Waals surface area contributed by atoms with Gasteiger partial charge in [0.25, 0.3) is 5.91 Å². The molecule has 1 aromatic heterocycles. The molecule has 0 saturated carbocycles. The van der Waals surface area contributed by atoms with Gasteiger partial charge in [-0.05, 0) is 6.42 Å². The molecule has 0 atom stereocenters. The fraction of sp³-hybridized carbons (Fsp3) is 0.462. The third kappa shape index (κ3) is 2.70. The molecule has 1 amide bonds. The Kier molecular flexibility index (Phi) is 3.97. The zero-order chi connectivity index (χ0) is 13.1. The second-order valence-electron chi connectivity index (χ2n) is 4.59. The molecule has 96 valence electrons. The molecule has 0 bridgehead atoms. The average molecular weight is 266 g/mol. The summed E-state index contributed by atoms with van der Waals surface area (Å²) in [7, 11) is 0. The summed E-state index contributed by atoms with van der Waals surface area (Å²) < 4.78 is 0. The highest BCUT2D eigenvalue weighted by Gasteiger charge is 2.21. The highest BCUT2D eigenvalue weighted by Crippen LogP contribution is 2.18. The normalized spacial score (nSPS) is 15.2. The lowest BCUT2D eigenvalue weighted by Gasteiger charge is -2.23. The lowest BCUT2D eigenvalue weighted by atomic mass is 10.2. The summed E-state index contributed by atoms with van der Waals surface area (Å²) in [6.45, 7) is 5.31. The van der Waals surface area contributed by atoms with Gasteiger partial charge in [-0.1, -0.05) is 37.6 Å². The minimum atomic E-state index is -0.117. The van der Waals surface area contributed by atoms with E-state index < -0.39 is 0 Å². The Hall–Kier alpha value is -1.42. The molecule has 2 rings (SSSR count). The molecule has 0 unspecified atom stereocenters. The van der Waals surface area contributed by atoms with Crippen LogP contribution >= 0.6 is 11.6 Å². The number of hydrogen-bond acceptors (Lipinski definition) is 3. The van der Waals surface area contributed by atoms with Crippen molar-refractivity contribution < 1.29 is 4.79 Å². The summed E-state index contributed by atoms with van der Waals surface area (Å²) in [6.07, 6.45) is 6.45. The van der Waals surface area contributed by atoms with Gasteiger partial charge < -0.3 is 4.90 Å². The van der Waals surface area contributed by atoms with Crippen LogP contribution in [0.25, 0.3) is 0 Å². The van der Waals surface area contributed by atoms with E-state index in [0.29, 0.717) is 29.6 Å². The quantitative estimate of drug-likeness (QED) is 0.773. The number of nitrogens with zero attached hydrogens (tertiary/aromatic N) is 3. The summed E-state index contributed by atoms with van der Waals surface area (Å²) in [5.74, 6) is 0.707. The van der Waals surface area contributed by atoms with Gasteiger partial charge in [0, 0.05) is 19.0 Å². The van der Waals surface area contributed by atoms with Gasteiger partial charge in [0.1, 0.15) is 5.82 Å². The van der Waals surface area contributed by atoms with E-state index in [9.17, 15) is 4.79 Å². The first-order valence-electron chi connectivity index (χ1n) is 6.06. The molecular formula is C13H16ClN3O. The van der Waals surface area contributed by atoms with Crippen LogP contribution in [0, 0.1) is 0 Å². The van der Waals surface area contributed by atoms with Crippen LogP contribution in [0.1, 0.15) is 42.5 Å². The van der Waals surface area contributed by atoms with Gasteiger partial charge in [-0.25, -0.2) is 9.97 Å². The maximum atomic E-state index is 12.3. The van der Waals surface area contributed by atoms with Crippen molar-refractivity contribution in [3.63, 3.8) is 0 Å². The van der Waals surface area contributed by atoms with Gasteiger partial charge in [-0.2, -0.15) is 0 Å². The molecule has 1 aliphatic rings. The molecule has 0 aliphatic carbocycles. The number of aromatic nitrogens is 2. The first kappa shape index (κ1) is 13.0. The van der Waals surface area contributed by atoms with Gasteiger partial charge in [0.15, 0.2) is 5.69 Å². The minimum Gasteiger partial charge on any atom is -0.333 e. The highest BCUT2D eigenvalue weighted by molar-refractivity contribution is 6.33. The van der Waals surface area contributed by atoms with E-state index in [1.807, 2.05) is 19.9 Å². The van der Waals surface area contributed by atoms with Gasteiger partial charge in [-0.3, -0.25) is 4.79 Å². The molecule has 1 aliphatic heterocycles. The van der Waals surface area contributed by atoms with Crippen LogP contribution < -0.4 is 0 Å². The van der Waals surface area contributed by atoms with Crippen LogP contribution in [-0.4, -0.2) is 33.9 Å². The Balaban J connectivity index is 2.28. The fourth-order valence-corrected chi connectivity index (χ4v) is 1.96. The Morgan fingerprint density at radius 3 is 2.83 bits per heavy atom. The van der Waals surface area contributed by atoms with E-state index in [-0.39, 0.29) is 11.8 Å². The summed E-state index contributed by atoms with van der Waals surface area (Å²) in [5.41, 5.74) is 0.311. The number of halogens is 1. The summed E-state index contributed by atoms with van der Waals surface area (Å²) in [5, 5.41) is 0.318. The van der Waals surface area contributed by atoms with E-state index in [1.165, 1.54) is 6.20 Å². The topological polar surface area (TPSA) is 46.1 Å². The summed E-state index contributed by atoms with van der Waals surface area (Å²) in [4.78, 5) is 22.5. The van der Waals surface area contributed by atoms with Crippen LogP contribution in [0.5, 0.6) is 0 Å². The standard InChI is InChI=1S/C13H16ClN3O/c1-9(2)12-15-8-10(14)11(16-12)13(18)17-6-4-3-5-7-17/h3-4,8-9H,5-7H2,1-2H3. The van der Waals surface area contributed by atoms with Crippen LogP contribution in [0.3, 0.4) is 0 Å². The molecule has 0 fully saturated rings. The van der Waals surface area contributed by atoms with Crippen molar-refractivity contribution in [2.24, 2.45) is 0 Å². The highest BCUT2D eigenvalue weighted by atomic mass is 35.5. The molecule has 0 N–H and O–H groups in total. The Labute approximate surface area is 112 Å². The Morgan fingerprint density at radius 2 is 2.22 bits per heavy atom. The molecule has 5 heteroatoms. The summed E-state index contributed by atoms with van der Waals surface area (Å²) >= 11 is 6.02. The maximum Gasteiger partial charge on any atom is 0.274 e. The van der Waals surface area contributed by atoms with Gasteiger partial charge in [-0.15, -0.1) is 0 Å². The maximum absolute atomic E-state index is 12.3. The molecular weight excluding hydrogens is 250 g/mol. The van der Waals surface area contributed by atoms with Crippen LogP contribution in [0.2, 0.25) is 5.02 Å². The fourth-order valence-electron chi connectivity index (χ4n) is 1.78. The SMILES string of the molecule is CC(C)c1ncc(Cl)c(C(=O)N2CC=CCC2)n1. The third-order valence-corrected chi connectivity index (χ3v) is 3.10. The molecule has 2 heterocycles. The second kappa shape index (κ2) is 5.48. The van der Waals surface area contributed by atoms with Crippen molar-refractivity contribution in [2.45, 2.75) is 26.2 Å². The van der Waals surface area contributed by atoms with Crippen LogP contribution in [-0.2, 0) is 0 Å². The van der Waals surface area contributed by atoms with E-state index in [4.69, 9.17) is 11.6 Å². The average Bonchev–Trinajstić information content (AvgIpc) is 2.39. The van der Waals surface area contributed by atoms with E-state index in [1.54, 1.807) is 4.90 Å². The summed E-state index contributed by atoms with van der Waals surface area (Å²) in [6, 6.07) is 0. The zero-order valence-electron chi connectivity index (χ0n) is 10.6. The van der Waals surface area contributed by atoms with E-state index in [0.717, 1.165) is 6.42 Å². The van der Waals surface area contributed by atoms with Crippen molar-refractivity contribution in [1.82, 2.24) is 14.9 Å². The Morgan fingerprint density at radius 1 is 1.44 bits per heavy atom. The smallest absolute Gasteiger partial charge is 0.274 e. The third-order valence-electron chi connectivity index (χ3n) is 2.83. The minimum absolute atomic E-state index is 0.117. The van der Waals surface area contributed by atoms with E-state index in [2.05, 4.69) is 16.0 Å². The van der Waals surface area contributed by atoms with Crippen molar-refractivity contribution in [2.75, 3.05) is 13.1 Å². The predicted octanol–water partition coefficient (Wildman–Crippen LogP) is 2.66. The number of hydrogen-bond donors (Lipinski definition) is 0. The largest absolute Gasteiger partial charge is 0.333 e. The number of carbonyl (C=O) groups is 1. The molecule has 0 saturated heterocycles. The number of rotatable bonds is 2. The zero-order valence-corrected chi connectivity index (χ0v) is 11.3. The monoisotopic (exact) mass is 265 g/mol. The molecule has 0 radical (unpaired) electrons. The molecule has 4 nitrogen and oxygen atoms in total.